The van der Waals surface area contributed by atoms with Gasteiger partial charge in [0, 0.05) is 68.6 Å². The molecule has 2 aliphatic carbocycles. The number of nitrogens with two attached hydrogens (primary N) is 1. The van der Waals surface area contributed by atoms with Crippen LogP contribution in [0, 0.1) is 16.7 Å². The van der Waals surface area contributed by atoms with Gasteiger partial charge in [0.15, 0.2) is 17.5 Å². The fourth-order valence-electron chi connectivity index (χ4n) is 14.6. The number of aromatic nitrogens is 1. The highest BCUT2D eigenvalue weighted by Crippen LogP contribution is 2.63. The maximum absolute atomic E-state index is 15.9. The zero-order chi connectivity index (χ0) is 77.4. The molecular weight excluding hydrogens is 1390 g/mol. The second-order valence-corrected chi connectivity index (χ2v) is 27.6. The number of amides is 7. The average molecular weight is 1480 g/mol. The lowest BCUT2D eigenvalue weighted by Gasteiger charge is -2.67. The van der Waals surface area contributed by atoms with E-state index in [0.29, 0.717) is 18.4 Å². The van der Waals surface area contributed by atoms with Gasteiger partial charge in [-0.25, -0.2) is 24.4 Å². The van der Waals surface area contributed by atoms with Crippen LogP contribution in [0.15, 0.2) is 145 Å². The molecule has 5 aromatic rings. The number of aliphatic hydroxyl groups is 2. The van der Waals surface area contributed by atoms with E-state index in [-0.39, 0.29) is 70.8 Å². The minimum atomic E-state index is -2.64. The average Bonchev–Trinajstić information content (AvgIpc) is 0.974. The first-order valence-corrected chi connectivity index (χ1v) is 34.5. The lowest BCUT2D eigenvalue weighted by Crippen LogP contribution is -2.82. The van der Waals surface area contributed by atoms with Crippen LogP contribution in [0.4, 0.5) is 16.3 Å². The molecule has 5 aliphatic rings. The summed E-state index contributed by atoms with van der Waals surface area (Å²) in [7, 11) is 0. The number of fused-ring (bicyclic) bond motifs is 5. The highest BCUT2D eigenvalue weighted by atomic mass is 16.8. The number of carbonyl (C=O) groups is 13. The molecule has 2 saturated heterocycles. The fraction of sp³-hybridized carbons (Fsp3) is 0.413. The number of hydroxylamine groups is 2. The number of Topliss-reactive ketones (excluding diaryl/α,β-unsaturated/α-hetero) is 1. The van der Waals surface area contributed by atoms with Crippen molar-refractivity contribution in [1.82, 2.24) is 36.3 Å². The Morgan fingerprint density at radius 2 is 1.42 bits per heavy atom. The monoisotopic (exact) mass is 1480 g/mol. The third-order valence-corrected chi connectivity index (χ3v) is 20.2. The van der Waals surface area contributed by atoms with Gasteiger partial charge in [0.2, 0.25) is 35.6 Å². The van der Waals surface area contributed by atoms with Gasteiger partial charge in [-0.2, -0.15) is 0 Å². The second kappa shape index (κ2) is 32.4. The van der Waals surface area contributed by atoms with E-state index in [4.69, 9.17) is 39.0 Å². The molecule has 2 bridgehead atoms. The van der Waals surface area contributed by atoms with E-state index in [1.54, 1.807) is 54.6 Å². The summed E-state index contributed by atoms with van der Waals surface area (Å²) in [6.07, 6.45) is -9.11. The van der Waals surface area contributed by atoms with E-state index in [0.717, 1.165) is 18.9 Å². The smallest absolute Gasteiger partial charge is 0.455 e. The predicted molar refractivity (Wildman–Crippen MR) is 374 cm³/mol. The molecular formula is C75H84N10O22. The van der Waals surface area contributed by atoms with Crippen LogP contribution in [-0.4, -0.2) is 182 Å². The largest absolute Gasteiger partial charge is 0.509 e. The van der Waals surface area contributed by atoms with E-state index < -0.39 is 180 Å². The topological polar surface area (TPSA) is 445 Å². The molecule has 0 spiro atoms. The highest BCUT2D eigenvalue weighted by molar-refractivity contribution is 6.01. The number of hydrogen-bond donors (Lipinski definition) is 9. The Balaban J connectivity index is 0.866. The number of hydrazine groups is 1. The first-order chi connectivity index (χ1) is 50.8. The minimum Gasteiger partial charge on any atom is -0.455 e. The van der Waals surface area contributed by atoms with Crippen LogP contribution in [0.5, 0.6) is 0 Å². The number of rotatable bonds is 25. The molecule has 107 heavy (non-hydrogen) atoms. The summed E-state index contributed by atoms with van der Waals surface area (Å²) in [5.41, 5.74) is 2.31. The number of esters is 3. The number of hydrogen-bond acceptors (Lipinski definition) is 25. The van der Waals surface area contributed by atoms with Crippen LogP contribution in [0.2, 0.25) is 0 Å². The predicted octanol–water partition coefficient (Wildman–Crippen LogP) is 3.87. The van der Waals surface area contributed by atoms with Crippen LogP contribution in [0.3, 0.4) is 0 Å². The molecule has 1 aromatic heterocycles. The first kappa shape index (κ1) is 78.0. The van der Waals surface area contributed by atoms with Gasteiger partial charge >= 0.3 is 30.0 Å². The van der Waals surface area contributed by atoms with E-state index >= 15 is 9.59 Å². The van der Waals surface area contributed by atoms with E-state index in [2.05, 4.69) is 37.1 Å². The summed E-state index contributed by atoms with van der Waals surface area (Å²) in [5, 5.41) is 37.9. The quantitative estimate of drug-likeness (QED) is 0.0227. The fourth-order valence-corrected chi connectivity index (χ4v) is 14.6. The number of ketones is 1. The Kier molecular flexibility index (Phi) is 23.6. The van der Waals surface area contributed by atoms with E-state index in [1.807, 2.05) is 0 Å². The number of anilines is 2. The number of ether oxygens (including phenoxy) is 6. The molecule has 566 valence electrons. The molecule has 4 aromatic carbocycles. The van der Waals surface area contributed by atoms with Crippen molar-refractivity contribution in [3.8, 4) is 0 Å². The van der Waals surface area contributed by atoms with Gasteiger partial charge in [0.05, 0.1) is 47.4 Å². The lowest BCUT2D eigenvalue weighted by atomic mass is 9.46. The Morgan fingerprint density at radius 3 is 2.02 bits per heavy atom. The van der Waals surface area contributed by atoms with Crippen LogP contribution in [0.1, 0.15) is 136 Å². The number of β-amino-alcohol motifs (C(OH)–C–C–N with tert-alkyl or cyclic N) is 1. The van der Waals surface area contributed by atoms with Crippen LogP contribution < -0.4 is 37.9 Å². The normalized spacial score (nSPS) is 24.3. The Morgan fingerprint density at radius 1 is 0.776 bits per heavy atom. The minimum absolute atomic E-state index is 0.0199. The summed E-state index contributed by atoms with van der Waals surface area (Å²) in [4.78, 5) is 190. The molecule has 10 N–H and O–H groups in total. The SMILES string of the molecule is CC(=O)N[C@@H](CCC(=O)NNc1ccc(C(=O)N[C@H](C)C(=O)N2CCC[C@H]2C(=O)Nc2ccc(COC(=O)O[C@@H](C(=O)ON3C[C@@]4(O)[C@@H](OC(=O)c5ccccc5)[C@@H]5[C@]6(OC(C)=O)CO[C@@H]6C[C@H](O)[C@@]5(C)C(=O)[C@H](OC(C)=O)C(=C3C)C4(C)C)[C@@H](NC(=O)c3ccccc3)c3ccccc3)cc2)cn1)C(N)=O. The van der Waals surface area contributed by atoms with E-state index in [9.17, 15) is 63.0 Å². The van der Waals surface area contributed by atoms with Crippen LogP contribution in [-0.2, 0) is 83.0 Å². The number of likely N-dealkylation sites (tertiary alicyclic amines) is 1. The summed E-state index contributed by atoms with van der Waals surface area (Å²) < 4.78 is 36.1. The maximum Gasteiger partial charge on any atom is 0.509 e. The summed E-state index contributed by atoms with van der Waals surface area (Å²) in [6, 6.07) is 27.4. The molecule has 13 atom stereocenters. The van der Waals surface area contributed by atoms with Crippen molar-refractivity contribution in [2.75, 3.05) is 30.4 Å². The zero-order valence-corrected chi connectivity index (χ0v) is 59.8. The molecule has 32 nitrogen and oxygen atoms in total. The molecule has 32 heteroatoms. The molecule has 0 radical (unpaired) electrons. The van der Waals surface area contributed by atoms with Crippen molar-refractivity contribution in [3.05, 3.63) is 173 Å². The second-order valence-electron chi connectivity index (χ2n) is 27.6. The number of pyridine rings is 1. The lowest BCUT2D eigenvalue weighted by molar-refractivity contribution is -0.348. The molecule has 10 rings (SSSR count). The van der Waals surface area contributed by atoms with Gasteiger partial charge in [0.1, 0.15) is 54.4 Å². The van der Waals surface area contributed by atoms with Crippen LogP contribution in [0.25, 0.3) is 0 Å². The van der Waals surface area contributed by atoms with Crippen LogP contribution >= 0.6 is 0 Å². The number of nitrogens with one attached hydrogen (secondary N) is 6. The number of aliphatic hydroxyl groups excluding tert-OH is 1. The van der Waals surface area contributed by atoms with Gasteiger partial charge in [-0.05, 0) is 99.7 Å². The van der Waals surface area contributed by atoms with Crippen molar-refractivity contribution in [2.45, 2.75) is 160 Å². The van der Waals surface area contributed by atoms with Crippen molar-refractivity contribution >= 4 is 88.7 Å². The van der Waals surface area contributed by atoms with Crippen molar-refractivity contribution < 1.29 is 106 Å². The molecule has 7 amide bonds. The Bertz CT molecular complexity index is 4280. The van der Waals surface area contributed by atoms with Gasteiger partial charge < -0.3 is 75.4 Å². The summed E-state index contributed by atoms with van der Waals surface area (Å²) in [5.74, 6) is -11.2. The maximum atomic E-state index is 15.9. The summed E-state index contributed by atoms with van der Waals surface area (Å²) >= 11 is 0. The van der Waals surface area contributed by atoms with E-state index in [1.165, 1.54) is 125 Å². The standard InChI is InChI=1S/C75H84N10O22/c1-40(78-66(94)49-28-32-55(77-36-49)82-83-56(90)33-31-51(64(76)92)79-42(3)86)68(96)84-34-18-25-52(84)67(95)80-50-29-26-45(27-30-50)37-101-71(99)104-60(58(46-19-12-9-13-20-46)81-65(93)47-21-14-10-15-22-47)70(98)107-85-38-75(100)63(105-69(97)48-23-16-11-17-24-48)61-73(8,53(89)35-54-74(61,39-102-54)106-44(5)88)62(91)59(103-43(4)87)57(41(85)2)72(75,6)7/h9-17,19-24,26-30,32,36,40,51-54,58-61,63,89,100H,18,25,31,33-35,37-39H2,1-8H3,(H2,76,92)(H,77,82)(H,78,94)(H,79,86)(H,80,95)(H,81,93)(H,83,90)/t40-,51+,52+,53+,54-,58+,59-,60-,61+,63+,73-,74+,75-/m1/s1. The van der Waals surface area contributed by atoms with Gasteiger partial charge in [-0.3, -0.25) is 58.8 Å². The van der Waals surface area contributed by atoms with Gasteiger partial charge in [-0.1, -0.05) is 92.7 Å². The van der Waals surface area contributed by atoms with Crippen molar-refractivity contribution in [1.29, 1.82) is 0 Å². The molecule has 2 saturated carbocycles. The molecule has 3 aliphatic heterocycles. The first-order valence-electron chi connectivity index (χ1n) is 34.5. The van der Waals surface area contributed by atoms with Crippen molar-refractivity contribution in [3.63, 3.8) is 0 Å². The molecule has 4 fully saturated rings. The Labute approximate surface area is 614 Å². The highest BCUT2D eigenvalue weighted by Gasteiger charge is 2.78. The number of benzene rings is 4. The third-order valence-electron chi connectivity index (χ3n) is 20.2. The van der Waals surface area contributed by atoms with Crippen molar-refractivity contribution in [2.24, 2.45) is 22.5 Å². The number of primary amides is 1. The number of carbonyl (C=O) groups excluding carboxylic acids is 13. The number of allylic oxidation sites excluding steroid dienone is 1. The third kappa shape index (κ3) is 16.6. The summed E-state index contributed by atoms with van der Waals surface area (Å²) in [6.45, 7) is 8.90. The van der Waals surface area contributed by atoms with Gasteiger partial charge in [0.25, 0.3) is 11.8 Å². The Hall–Kier alpha value is -11.6. The van der Waals surface area contributed by atoms with Gasteiger partial charge in [-0.15, -0.1) is 0 Å². The zero-order valence-electron chi connectivity index (χ0n) is 59.8. The molecule has 0 unspecified atom stereocenters. The molecule has 4 heterocycles. The number of nitrogens with zero attached hydrogens (tertiary/aromatic N) is 3.